The van der Waals surface area contributed by atoms with E-state index in [0.717, 1.165) is 35.0 Å². The predicted molar refractivity (Wildman–Crippen MR) is 139 cm³/mol. The van der Waals surface area contributed by atoms with Crippen LogP contribution in [-0.4, -0.2) is 99.3 Å². The van der Waals surface area contributed by atoms with Gasteiger partial charge in [-0.05, 0) is 39.8 Å². The highest BCUT2D eigenvalue weighted by atomic mass is 19.4. The van der Waals surface area contributed by atoms with Crippen molar-refractivity contribution in [3.8, 4) is 0 Å². The molecular weight excluding hydrogens is 503 g/mol. The van der Waals surface area contributed by atoms with Crippen LogP contribution in [-0.2, 0) is 4.79 Å². The molecule has 0 atom stereocenters. The Morgan fingerprint density at radius 1 is 0.921 bits per heavy atom. The number of alkyl halides is 3. The van der Waals surface area contributed by atoms with E-state index in [0.29, 0.717) is 24.8 Å². The van der Waals surface area contributed by atoms with Crippen LogP contribution in [0, 0.1) is 0 Å². The van der Waals surface area contributed by atoms with Crippen LogP contribution in [0.4, 0.5) is 18.0 Å². The van der Waals surface area contributed by atoms with E-state index in [9.17, 15) is 22.8 Å². The number of carboxylic acid groups (broad SMARTS) is 1. The van der Waals surface area contributed by atoms with Gasteiger partial charge in [0.05, 0.1) is 16.6 Å². The summed E-state index contributed by atoms with van der Waals surface area (Å²) in [5, 5.41) is 8.12. The van der Waals surface area contributed by atoms with Crippen molar-refractivity contribution < 1.29 is 32.7 Å². The number of carboxylic acids is 1. The lowest BCUT2D eigenvalue weighted by Crippen LogP contribution is -2.51. The van der Waals surface area contributed by atoms with E-state index in [1.54, 1.807) is 18.7 Å². The van der Waals surface area contributed by atoms with Gasteiger partial charge in [-0.15, -0.1) is 0 Å². The molecule has 0 unspecified atom stereocenters. The number of piperazine rings is 1. The summed E-state index contributed by atoms with van der Waals surface area (Å²) in [4.78, 5) is 41.6. The fourth-order valence-electron chi connectivity index (χ4n) is 4.67. The quantitative estimate of drug-likeness (QED) is 0.531. The van der Waals surface area contributed by atoms with Gasteiger partial charge in [0.25, 0.3) is 5.91 Å². The van der Waals surface area contributed by atoms with Crippen LogP contribution in [0.25, 0.3) is 21.9 Å². The van der Waals surface area contributed by atoms with Crippen LogP contribution in [0.5, 0.6) is 0 Å². The highest BCUT2D eigenvalue weighted by Crippen LogP contribution is 2.35. The lowest BCUT2D eigenvalue weighted by atomic mass is 10.2. The van der Waals surface area contributed by atoms with E-state index in [4.69, 9.17) is 9.90 Å². The van der Waals surface area contributed by atoms with Crippen molar-refractivity contribution in [3.63, 3.8) is 0 Å². The number of fused-ring (bicyclic) bond motifs is 3. The number of benzene rings is 1. The van der Waals surface area contributed by atoms with Crippen LogP contribution in [0.2, 0.25) is 0 Å². The number of carbonyl (C=O) groups is 3. The number of carbonyl (C=O) groups excluding carboxylic acids is 2. The first-order valence-corrected chi connectivity index (χ1v) is 12.4. The third kappa shape index (κ3) is 5.64. The molecule has 9 nitrogen and oxygen atoms in total. The number of halogens is 3. The number of aromatic nitrogens is 2. The third-order valence-electron chi connectivity index (χ3n) is 6.54. The van der Waals surface area contributed by atoms with E-state index in [2.05, 4.69) is 43.2 Å². The fourth-order valence-corrected chi connectivity index (χ4v) is 4.67. The SMILES string of the molecule is CC(C)N1CCN(C(=O)c2cc3c(c4ccccc4n3C(C)C)n2C(=O)N(C)C)CC1.O=C(O)C(F)(F)F. The molecule has 1 aliphatic heterocycles. The maximum atomic E-state index is 13.6. The smallest absolute Gasteiger partial charge is 0.475 e. The Balaban J connectivity index is 0.000000505. The molecule has 12 heteroatoms. The summed E-state index contributed by atoms with van der Waals surface area (Å²) >= 11 is 0. The zero-order valence-electron chi connectivity index (χ0n) is 22.4. The third-order valence-corrected chi connectivity index (χ3v) is 6.54. The van der Waals surface area contributed by atoms with Crippen LogP contribution >= 0.6 is 0 Å². The minimum atomic E-state index is -5.08. The second kappa shape index (κ2) is 11.1. The number of hydrogen-bond donors (Lipinski definition) is 1. The maximum absolute atomic E-state index is 13.6. The van der Waals surface area contributed by atoms with E-state index < -0.39 is 12.1 Å². The normalized spacial score (nSPS) is 14.8. The summed E-state index contributed by atoms with van der Waals surface area (Å²) < 4.78 is 35.6. The lowest BCUT2D eigenvalue weighted by molar-refractivity contribution is -0.192. The van der Waals surface area contributed by atoms with Gasteiger partial charge in [-0.2, -0.15) is 13.2 Å². The van der Waals surface area contributed by atoms with Crippen LogP contribution < -0.4 is 0 Å². The Bertz CT molecular complexity index is 1330. The van der Waals surface area contributed by atoms with Crippen LogP contribution in [0.15, 0.2) is 30.3 Å². The predicted octanol–water partition coefficient (Wildman–Crippen LogP) is 4.51. The fraction of sp³-hybridized carbons (Fsp3) is 0.500. The zero-order valence-corrected chi connectivity index (χ0v) is 22.4. The summed E-state index contributed by atoms with van der Waals surface area (Å²) in [7, 11) is 3.46. The average molecular weight is 538 g/mol. The Kier molecular flexibility index (Phi) is 8.45. The lowest BCUT2D eigenvalue weighted by Gasteiger charge is -2.37. The van der Waals surface area contributed by atoms with Crippen LogP contribution in [0.3, 0.4) is 0 Å². The number of aliphatic carboxylic acids is 1. The van der Waals surface area contributed by atoms with E-state index in [-0.39, 0.29) is 18.0 Å². The van der Waals surface area contributed by atoms with Crippen molar-refractivity contribution in [2.75, 3.05) is 40.3 Å². The van der Waals surface area contributed by atoms with Crippen molar-refractivity contribution in [1.29, 1.82) is 0 Å². The Morgan fingerprint density at radius 3 is 1.95 bits per heavy atom. The van der Waals surface area contributed by atoms with Gasteiger partial charge in [-0.1, -0.05) is 18.2 Å². The van der Waals surface area contributed by atoms with Crippen molar-refractivity contribution in [3.05, 3.63) is 36.0 Å². The maximum Gasteiger partial charge on any atom is 0.490 e. The molecule has 2 amide bonds. The van der Waals surface area contributed by atoms with Crippen molar-refractivity contribution in [2.45, 2.75) is 46.0 Å². The molecule has 1 aromatic carbocycles. The first-order chi connectivity index (χ1) is 17.7. The largest absolute Gasteiger partial charge is 0.490 e. The van der Waals surface area contributed by atoms with Gasteiger partial charge in [0.15, 0.2) is 0 Å². The molecule has 0 aliphatic carbocycles. The van der Waals surface area contributed by atoms with Gasteiger partial charge >= 0.3 is 18.2 Å². The number of hydrogen-bond acceptors (Lipinski definition) is 4. The first-order valence-electron chi connectivity index (χ1n) is 12.4. The molecule has 1 N–H and O–H groups in total. The Labute approximate surface area is 219 Å². The Morgan fingerprint density at radius 2 is 1.47 bits per heavy atom. The molecule has 4 rings (SSSR count). The second-order valence-electron chi connectivity index (χ2n) is 9.98. The molecule has 3 heterocycles. The molecule has 0 radical (unpaired) electrons. The van der Waals surface area contributed by atoms with E-state index in [1.165, 1.54) is 4.90 Å². The monoisotopic (exact) mass is 537 g/mol. The number of rotatable bonds is 3. The minimum absolute atomic E-state index is 0.0748. The number of para-hydroxylation sites is 1. The second-order valence-corrected chi connectivity index (χ2v) is 9.98. The molecular formula is C26H34F3N5O4. The summed E-state index contributed by atoms with van der Waals surface area (Å²) in [5.41, 5.74) is 3.26. The van der Waals surface area contributed by atoms with Crippen molar-refractivity contribution >= 4 is 39.8 Å². The molecule has 208 valence electrons. The number of nitrogens with zero attached hydrogens (tertiary/aromatic N) is 5. The minimum Gasteiger partial charge on any atom is -0.475 e. The highest BCUT2D eigenvalue weighted by molar-refractivity contribution is 6.14. The van der Waals surface area contributed by atoms with Gasteiger partial charge in [0.2, 0.25) is 0 Å². The molecule has 2 aromatic heterocycles. The van der Waals surface area contributed by atoms with Gasteiger partial charge < -0.3 is 19.5 Å². The van der Waals surface area contributed by atoms with E-state index in [1.807, 2.05) is 29.2 Å². The van der Waals surface area contributed by atoms with Gasteiger partial charge in [-0.3, -0.25) is 14.3 Å². The standard InChI is InChI=1S/C24H33N5O2.C2HF3O2/c1-16(2)26-11-13-27(14-12-26)23(30)21-15-20-22(29(21)24(31)25(5)6)18-9-7-8-10-19(18)28(20)17(3)4;3-2(4,5)1(6)7/h7-10,15-17H,11-14H2,1-6H3;(H,6,7). The van der Waals surface area contributed by atoms with Crippen LogP contribution in [0.1, 0.15) is 44.2 Å². The van der Waals surface area contributed by atoms with E-state index >= 15 is 0 Å². The molecule has 1 aliphatic rings. The van der Waals surface area contributed by atoms with Gasteiger partial charge in [-0.25, -0.2) is 9.59 Å². The number of amides is 2. The summed E-state index contributed by atoms with van der Waals surface area (Å²) in [6.07, 6.45) is -5.08. The molecule has 0 spiro atoms. The molecule has 38 heavy (non-hydrogen) atoms. The highest BCUT2D eigenvalue weighted by Gasteiger charge is 2.38. The topological polar surface area (TPSA) is 91.0 Å². The first kappa shape index (κ1) is 29.0. The Hall–Kier alpha value is -3.54. The zero-order chi connectivity index (χ0) is 28.5. The van der Waals surface area contributed by atoms with Gasteiger partial charge in [0.1, 0.15) is 5.69 Å². The molecule has 1 fully saturated rings. The summed E-state index contributed by atoms with van der Waals surface area (Å²) in [6, 6.07) is 10.5. The summed E-state index contributed by atoms with van der Waals surface area (Å²) in [5.74, 6) is -2.83. The molecule has 1 saturated heterocycles. The molecule has 0 saturated carbocycles. The average Bonchev–Trinajstić information content (AvgIpc) is 3.37. The van der Waals surface area contributed by atoms with Gasteiger partial charge in [0, 0.05) is 57.7 Å². The molecule has 3 aromatic rings. The summed E-state index contributed by atoms with van der Waals surface area (Å²) in [6.45, 7) is 11.7. The van der Waals surface area contributed by atoms with Crippen molar-refractivity contribution in [1.82, 2.24) is 23.8 Å². The molecule has 0 bridgehead atoms. The van der Waals surface area contributed by atoms with Crippen molar-refractivity contribution in [2.24, 2.45) is 0 Å².